The number of aromatic hydroxyl groups is 1. The Morgan fingerprint density at radius 3 is 2.61 bits per heavy atom. The van der Waals surface area contributed by atoms with Crippen molar-refractivity contribution in [2.24, 2.45) is 0 Å². The highest BCUT2D eigenvalue weighted by Gasteiger charge is 2.19. The van der Waals surface area contributed by atoms with E-state index in [1.54, 1.807) is 30.3 Å². The van der Waals surface area contributed by atoms with Crippen molar-refractivity contribution in [2.75, 3.05) is 7.11 Å². The summed E-state index contributed by atoms with van der Waals surface area (Å²) in [5.74, 6) is 0.390. The Labute approximate surface area is 130 Å². The van der Waals surface area contributed by atoms with Crippen molar-refractivity contribution in [1.82, 2.24) is 0 Å². The lowest BCUT2D eigenvalue weighted by Crippen LogP contribution is -2.02. The van der Waals surface area contributed by atoms with E-state index in [1.807, 2.05) is 18.2 Å². The number of hydrogen-bond donors (Lipinski definition) is 1. The minimum atomic E-state index is -0.510. The van der Waals surface area contributed by atoms with Gasteiger partial charge in [0, 0.05) is 11.5 Å². The number of fused-ring (bicyclic) bond motifs is 2. The molecule has 1 N–H and O–H groups in total. The molecule has 0 aliphatic rings. The van der Waals surface area contributed by atoms with Crippen LogP contribution in [-0.2, 0) is 0 Å². The molecule has 0 saturated heterocycles. The summed E-state index contributed by atoms with van der Waals surface area (Å²) in [6.07, 6.45) is 0. The second-order valence-corrected chi connectivity index (χ2v) is 5.12. The lowest BCUT2D eigenvalue weighted by molar-refractivity contribution is 0.413. The lowest BCUT2D eigenvalue weighted by Gasteiger charge is -2.05. The molecule has 2 heterocycles. The molecule has 5 nitrogen and oxygen atoms in total. The average Bonchev–Trinajstić information content (AvgIpc) is 3.01. The van der Waals surface area contributed by atoms with Crippen LogP contribution in [0.15, 0.2) is 62.2 Å². The number of rotatable bonds is 2. The molecule has 114 valence electrons. The van der Waals surface area contributed by atoms with Crippen LogP contribution in [0.2, 0.25) is 0 Å². The van der Waals surface area contributed by atoms with E-state index in [1.165, 1.54) is 7.11 Å². The van der Waals surface area contributed by atoms with Gasteiger partial charge in [0.05, 0.1) is 12.5 Å². The molecular weight excluding hydrogens is 296 g/mol. The molecule has 4 aromatic rings. The average molecular weight is 308 g/mol. The topological polar surface area (TPSA) is 72.8 Å². The summed E-state index contributed by atoms with van der Waals surface area (Å²) in [5, 5.41) is 11.3. The molecule has 0 unspecified atom stereocenters. The van der Waals surface area contributed by atoms with Crippen molar-refractivity contribution in [2.45, 2.75) is 0 Å². The van der Waals surface area contributed by atoms with E-state index in [4.69, 9.17) is 13.6 Å². The van der Waals surface area contributed by atoms with Crippen LogP contribution in [0.5, 0.6) is 11.5 Å². The second kappa shape index (κ2) is 4.91. The Morgan fingerprint density at radius 1 is 1.00 bits per heavy atom. The smallest absolute Gasteiger partial charge is 0.235 e. The van der Waals surface area contributed by atoms with E-state index in [0.717, 1.165) is 5.39 Å². The molecule has 0 atom stereocenters. The van der Waals surface area contributed by atoms with Gasteiger partial charge in [-0.2, -0.15) is 0 Å². The number of benzene rings is 2. The molecule has 4 rings (SSSR count). The SMILES string of the molecule is COc1ccc2c(=O)c(O)c(-c3cc4ccccc4o3)oc2c1. The first kappa shape index (κ1) is 13.5. The quantitative estimate of drug-likeness (QED) is 0.607. The zero-order valence-electron chi connectivity index (χ0n) is 12.2. The van der Waals surface area contributed by atoms with Gasteiger partial charge in [0.1, 0.15) is 16.9 Å². The van der Waals surface area contributed by atoms with Crippen LogP contribution in [0.4, 0.5) is 0 Å². The third kappa shape index (κ3) is 2.05. The van der Waals surface area contributed by atoms with Gasteiger partial charge in [0.15, 0.2) is 5.76 Å². The van der Waals surface area contributed by atoms with Crippen LogP contribution in [0.3, 0.4) is 0 Å². The predicted molar refractivity (Wildman–Crippen MR) is 85.9 cm³/mol. The van der Waals surface area contributed by atoms with Gasteiger partial charge in [-0.15, -0.1) is 0 Å². The second-order valence-electron chi connectivity index (χ2n) is 5.12. The standard InChI is InChI=1S/C18H12O5/c1-21-11-6-7-12-14(9-11)23-18(17(20)16(12)19)15-8-10-4-2-3-5-13(10)22-15/h2-9,20H,1H3. The first-order valence-electron chi connectivity index (χ1n) is 7.00. The molecule has 0 radical (unpaired) electrons. The molecule has 0 bridgehead atoms. The predicted octanol–water partition coefficient (Wildman–Crippen LogP) is 3.92. The monoisotopic (exact) mass is 308 g/mol. The number of para-hydroxylation sites is 1. The number of furan rings is 1. The van der Waals surface area contributed by atoms with E-state index in [0.29, 0.717) is 22.7 Å². The Bertz CT molecular complexity index is 1050. The van der Waals surface area contributed by atoms with Crippen LogP contribution in [-0.4, -0.2) is 12.2 Å². The molecule has 0 spiro atoms. The van der Waals surface area contributed by atoms with Crippen molar-refractivity contribution in [3.63, 3.8) is 0 Å². The molecule has 0 aliphatic heterocycles. The summed E-state index contributed by atoms with van der Waals surface area (Å²) in [4.78, 5) is 12.3. The Balaban J connectivity index is 2.02. The zero-order chi connectivity index (χ0) is 16.0. The summed E-state index contributed by atoms with van der Waals surface area (Å²) in [7, 11) is 1.53. The first-order chi connectivity index (χ1) is 11.2. The molecule has 0 fully saturated rings. The summed E-state index contributed by atoms with van der Waals surface area (Å²) in [6.45, 7) is 0. The Morgan fingerprint density at radius 2 is 1.83 bits per heavy atom. The van der Waals surface area contributed by atoms with E-state index in [-0.39, 0.29) is 11.1 Å². The van der Waals surface area contributed by atoms with Crippen molar-refractivity contribution in [3.05, 3.63) is 58.8 Å². The molecule has 0 amide bonds. The molecule has 5 heteroatoms. The van der Waals surface area contributed by atoms with Gasteiger partial charge in [-0.1, -0.05) is 18.2 Å². The lowest BCUT2D eigenvalue weighted by atomic mass is 10.1. The maximum atomic E-state index is 12.3. The summed E-state index contributed by atoms with van der Waals surface area (Å²) >= 11 is 0. The molecule has 23 heavy (non-hydrogen) atoms. The largest absolute Gasteiger partial charge is 0.501 e. The molecule has 0 aliphatic carbocycles. The molecular formula is C18H12O5. The van der Waals surface area contributed by atoms with Gasteiger partial charge in [-0.05, 0) is 24.3 Å². The van der Waals surface area contributed by atoms with Gasteiger partial charge >= 0.3 is 0 Å². The van der Waals surface area contributed by atoms with Crippen molar-refractivity contribution in [3.8, 4) is 23.0 Å². The number of hydrogen-bond acceptors (Lipinski definition) is 5. The summed E-state index contributed by atoms with van der Waals surface area (Å²) in [5.41, 5.74) is 0.460. The molecule has 2 aromatic carbocycles. The minimum absolute atomic E-state index is 0.00644. The van der Waals surface area contributed by atoms with E-state index in [9.17, 15) is 9.90 Å². The van der Waals surface area contributed by atoms with Gasteiger partial charge in [-0.3, -0.25) is 4.79 Å². The maximum Gasteiger partial charge on any atom is 0.235 e. The normalized spacial score (nSPS) is 11.2. The van der Waals surface area contributed by atoms with Crippen LogP contribution >= 0.6 is 0 Å². The first-order valence-corrected chi connectivity index (χ1v) is 7.00. The van der Waals surface area contributed by atoms with Gasteiger partial charge < -0.3 is 18.7 Å². The number of methoxy groups -OCH3 is 1. The highest BCUT2D eigenvalue weighted by atomic mass is 16.5. The van der Waals surface area contributed by atoms with E-state index < -0.39 is 11.2 Å². The Kier molecular flexibility index (Phi) is 2.87. The van der Waals surface area contributed by atoms with Crippen LogP contribution in [0.1, 0.15) is 0 Å². The highest BCUT2D eigenvalue weighted by molar-refractivity contribution is 5.86. The van der Waals surface area contributed by atoms with Crippen LogP contribution in [0, 0.1) is 0 Å². The van der Waals surface area contributed by atoms with Gasteiger partial charge in [0.25, 0.3) is 0 Å². The fourth-order valence-corrected chi connectivity index (χ4v) is 2.55. The van der Waals surface area contributed by atoms with E-state index >= 15 is 0 Å². The maximum absolute atomic E-state index is 12.3. The third-order valence-corrected chi connectivity index (χ3v) is 3.72. The van der Waals surface area contributed by atoms with Crippen LogP contribution < -0.4 is 10.2 Å². The highest BCUT2D eigenvalue weighted by Crippen LogP contribution is 2.34. The number of ether oxygens (including phenoxy) is 1. The molecule has 2 aromatic heterocycles. The van der Waals surface area contributed by atoms with Crippen molar-refractivity contribution in [1.29, 1.82) is 0 Å². The van der Waals surface area contributed by atoms with Crippen molar-refractivity contribution < 1.29 is 18.7 Å². The zero-order valence-corrected chi connectivity index (χ0v) is 12.2. The van der Waals surface area contributed by atoms with Crippen LogP contribution in [0.25, 0.3) is 33.5 Å². The minimum Gasteiger partial charge on any atom is -0.501 e. The fraction of sp³-hybridized carbons (Fsp3) is 0.0556. The Hall–Kier alpha value is -3.21. The fourth-order valence-electron chi connectivity index (χ4n) is 2.55. The molecule has 0 saturated carbocycles. The summed E-state index contributed by atoms with van der Waals surface area (Å²) in [6, 6.07) is 13.9. The third-order valence-electron chi connectivity index (χ3n) is 3.72. The van der Waals surface area contributed by atoms with Gasteiger partial charge in [-0.25, -0.2) is 0 Å². The van der Waals surface area contributed by atoms with E-state index in [2.05, 4.69) is 0 Å². The van der Waals surface area contributed by atoms with Gasteiger partial charge in [0.2, 0.25) is 16.9 Å². The van der Waals surface area contributed by atoms with Crippen molar-refractivity contribution >= 4 is 21.9 Å². The summed E-state index contributed by atoms with van der Waals surface area (Å²) < 4.78 is 16.5.